The smallest absolute Gasteiger partial charge is 0.319 e. The van der Waals surface area contributed by atoms with E-state index in [1.807, 2.05) is 6.92 Å². The van der Waals surface area contributed by atoms with Crippen molar-refractivity contribution in [2.75, 3.05) is 5.32 Å². The van der Waals surface area contributed by atoms with E-state index in [0.717, 1.165) is 5.56 Å². The van der Waals surface area contributed by atoms with Crippen molar-refractivity contribution in [3.63, 3.8) is 0 Å². The molecule has 0 aliphatic heterocycles. The van der Waals surface area contributed by atoms with Crippen LogP contribution in [-0.4, -0.2) is 18.0 Å². The van der Waals surface area contributed by atoms with Crippen molar-refractivity contribution in [1.29, 1.82) is 0 Å². The molecule has 5 nitrogen and oxygen atoms in total. The van der Waals surface area contributed by atoms with Crippen LogP contribution in [-0.2, 0) is 6.54 Å². The van der Waals surface area contributed by atoms with Crippen LogP contribution in [0.15, 0.2) is 48.5 Å². The Kier molecular flexibility index (Phi) is 5.51. The van der Waals surface area contributed by atoms with Gasteiger partial charge in [0.05, 0.1) is 0 Å². The number of carbonyl (C=O) groups excluding carboxylic acids is 2. The molecule has 3 N–H and O–H groups in total. The van der Waals surface area contributed by atoms with Gasteiger partial charge in [-0.2, -0.15) is 0 Å². The van der Waals surface area contributed by atoms with E-state index in [4.69, 9.17) is 0 Å². The highest BCUT2D eigenvalue weighted by atomic mass is 19.1. The third-order valence-electron chi connectivity index (χ3n) is 4.46. The van der Waals surface area contributed by atoms with Crippen LogP contribution >= 0.6 is 0 Å². The molecule has 2 aromatic rings. The fourth-order valence-electron chi connectivity index (χ4n) is 2.68. The molecule has 26 heavy (non-hydrogen) atoms. The molecule has 1 aliphatic rings. The van der Waals surface area contributed by atoms with Crippen LogP contribution < -0.4 is 16.0 Å². The Morgan fingerprint density at radius 2 is 1.73 bits per heavy atom. The summed E-state index contributed by atoms with van der Waals surface area (Å²) in [6.45, 7) is 2.33. The summed E-state index contributed by atoms with van der Waals surface area (Å²) in [5.74, 6) is 0.0549. The molecule has 1 aliphatic carbocycles. The minimum Gasteiger partial charge on any atom is -0.348 e. The average molecular weight is 355 g/mol. The number of hydrogen-bond donors (Lipinski definition) is 3. The van der Waals surface area contributed by atoms with Gasteiger partial charge in [0, 0.05) is 23.8 Å². The monoisotopic (exact) mass is 355 g/mol. The van der Waals surface area contributed by atoms with Crippen LogP contribution in [0.4, 0.5) is 14.9 Å². The number of hydrogen-bond acceptors (Lipinski definition) is 2. The van der Waals surface area contributed by atoms with E-state index in [-0.39, 0.29) is 23.8 Å². The van der Waals surface area contributed by atoms with Crippen LogP contribution in [0.3, 0.4) is 0 Å². The topological polar surface area (TPSA) is 70.2 Å². The van der Waals surface area contributed by atoms with E-state index in [9.17, 15) is 14.0 Å². The molecular formula is C20H22FN3O2. The zero-order valence-electron chi connectivity index (χ0n) is 14.6. The van der Waals surface area contributed by atoms with Crippen LogP contribution in [0.5, 0.6) is 0 Å². The van der Waals surface area contributed by atoms with Crippen LogP contribution in [0.25, 0.3) is 0 Å². The molecule has 0 radical (unpaired) electrons. The molecule has 1 fully saturated rings. The quantitative estimate of drug-likeness (QED) is 0.740. The second-order valence-corrected chi connectivity index (χ2v) is 6.61. The Bertz CT molecular complexity index is 771. The molecule has 1 saturated carbocycles. The molecule has 1 unspecified atom stereocenters. The second-order valence-electron chi connectivity index (χ2n) is 6.61. The minimum atomic E-state index is -0.307. The van der Waals surface area contributed by atoms with Crippen molar-refractivity contribution in [2.45, 2.75) is 32.4 Å². The van der Waals surface area contributed by atoms with Crippen LogP contribution in [0.2, 0.25) is 0 Å². The third kappa shape index (κ3) is 5.05. The maximum atomic E-state index is 12.9. The Hall–Kier alpha value is -2.89. The van der Waals surface area contributed by atoms with Crippen LogP contribution in [0.1, 0.15) is 35.7 Å². The van der Waals surface area contributed by atoms with Gasteiger partial charge in [-0.25, -0.2) is 9.18 Å². The van der Waals surface area contributed by atoms with Gasteiger partial charge in [0.1, 0.15) is 5.82 Å². The summed E-state index contributed by atoms with van der Waals surface area (Å²) in [4.78, 5) is 24.1. The van der Waals surface area contributed by atoms with Crippen molar-refractivity contribution < 1.29 is 14.0 Å². The normalized spacial score (nSPS) is 14.4. The van der Waals surface area contributed by atoms with E-state index in [1.165, 1.54) is 25.0 Å². The van der Waals surface area contributed by atoms with Crippen molar-refractivity contribution >= 4 is 17.6 Å². The number of halogens is 1. The van der Waals surface area contributed by atoms with Gasteiger partial charge >= 0.3 is 6.03 Å². The number of rotatable bonds is 6. The summed E-state index contributed by atoms with van der Waals surface area (Å²) in [5.41, 5.74) is 1.93. The van der Waals surface area contributed by atoms with Gasteiger partial charge < -0.3 is 16.0 Å². The summed E-state index contributed by atoms with van der Waals surface area (Å²) >= 11 is 0. The molecule has 0 spiro atoms. The number of anilines is 1. The first-order chi connectivity index (χ1) is 12.5. The highest BCUT2D eigenvalue weighted by Crippen LogP contribution is 2.32. The molecule has 3 rings (SSSR count). The number of nitrogens with one attached hydrogen (secondary N) is 3. The van der Waals surface area contributed by atoms with Gasteiger partial charge in [0.15, 0.2) is 0 Å². The second kappa shape index (κ2) is 7.99. The predicted molar refractivity (Wildman–Crippen MR) is 98.4 cm³/mol. The van der Waals surface area contributed by atoms with Crippen molar-refractivity contribution in [3.05, 3.63) is 65.5 Å². The molecule has 0 saturated heterocycles. The lowest BCUT2D eigenvalue weighted by molar-refractivity contribution is 0.0951. The summed E-state index contributed by atoms with van der Waals surface area (Å²) in [7, 11) is 0. The van der Waals surface area contributed by atoms with E-state index < -0.39 is 0 Å². The number of urea groups is 1. The molecule has 0 aromatic heterocycles. The van der Waals surface area contributed by atoms with E-state index in [0.29, 0.717) is 23.7 Å². The van der Waals surface area contributed by atoms with Gasteiger partial charge in [0.25, 0.3) is 5.91 Å². The summed E-state index contributed by atoms with van der Waals surface area (Å²) in [6.07, 6.45) is 2.34. The number of amides is 3. The average Bonchev–Trinajstić information content (AvgIpc) is 3.47. The Morgan fingerprint density at radius 3 is 2.35 bits per heavy atom. The lowest BCUT2D eigenvalue weighted by atomic mass is 10.1. The zero-order valence-corrected chi connectivity index (χ0v) is 14.6. The maximum Gasteiger partial charge on any atom is 0.319 e. The van der Waals surface area contributed by atoms with Gasteiger partial charge in [-0.15, -0.1) is 0 Å². The highest BCUT2D eigenvalue weighted by Gasteiger charge is 2.28. The lowest BCUT2D eigenvalue weighted by Gasteiger charge is -2.14. The standard InChI is InChI=1S/C20H22FN3O2/c1-13(15-4-5-15)23-20(26)24-18-10-6-16(7-11-18)19(25)22-12-14-2-8-17(21)9-3-14/h2-3,6-11,13,15H,4-5,12H2,1H3,(H,22,25)(H2,23,24,26). The van der Waals surface area contributed by atoms with Gasteiger partial charge in [-0.1, -0.05) is 12.1 Å². The Morgan fingerprint density at radius 1 is 1.08 bits per heavy atom. The lowest BCUT2D eigenvalue weighted by Crippen LogP contribution is -2.37. The number of carbonyl (C=O) groups is 2. The van der Waals surface area contributed by atoms with Gasteiger partial charge in [-0.3, -0.25) is 4.79 Å². The first-order valence-corrected chi connectivity index (χ1v) is 8.71. The molecule has 136 valence electrons. The molecule has 6 heteroatoms. The largest absolute Gasteiger partial charge is 0.348 e. The molecule has 3 amide bonds. The molecule has 1 atom stereocenters. The maximum absolute atomic E-state index is 12.9. The van der Waals surface area contributed by atoms with Crippen LogP contribution in [0, 0.1) is 11.7 Å². The Labute approximate surface area is 152 Å². The fraction of sp³-hybridized carbons (Fsp3) is 0.300. The van der Waals surface area contributed by atoms with E-state index in [1.54, 1.807) is 36.4 Å². The molecule has 0 bridgehead atoms. The fourth-order valence-corrected chi connectivity index (χ4v) is 2.68. The molecule has 0 heterocycles. The molecular weight excluding hydrogens is 333 g/mol. The summed E-state index contributed by atoms with van der Waals surface area (Å²) < 4.78 is 12.9. The SMILES string of the molecule is CC(NC(=O)Nc1ccc(C(=O)NCc2ccc(F)cc2)cc1)C1CC1. The van der Waals surface area contributed by atoms with Crippen molar-refractivity contribution in [1.82, 2.24) is 10.6 Å². The Balaban J connectivity index is 1.48. The third-order valence-corrected chi connectivity index (χ3v) is 4.46. The first kappa shape index (κ1) is 17.9. The summed E-state index contributed by atoms with van der Waals surface area (Å²) in [5, 5.41) is 8.46. The summed E-state index contributed by atoms with van der Waals surface area (Å²) in [6, 6.07) is 12.6. The van der Waals surface area contributed by atoms with Gasteiger partial charge in [-0.05, 0) is 67.6 Å². The minimum absolute atomic E-state index is 0.173. The highest BCUT2D eigenvalue weighted by molar-refractivity contribution is 5.95. The van der Waals surface area contributed by atoms with E-state index >= 15 is 0 Å². The molecule has 2 aromatic carbocycles. The van der Waals surface area contributed by atoms with Crippen molar-refractivity contribution in [3.8, 4) is 0 Å². The van der Waals surface area contributed by atoms with Gasteiger partial charge in [0.2, 0.25) is 0 Å². The predicted octanol–water partition coefficient (Wildman–Crippen LogP) is 3.68. The van der Waals surface area contributed by atoms with E-state index in [2.05, 4.69) is 16.0 Å². The zero-order chi connectivity index (χ0) is 18.5. The number of benzene rings is 2. The van der Waals surface area contributed by atoms with Crippen molar-refractivity contribution in [2.24, 2.45) is 5.92 Å². The first-order valence-electron chi connectivity index (χ1n) is 8.71.